The molecule has 2 rings (SSSR count). The van der Waals surface area contributed by atoms with Crippen LogP contribution in [-0.4, -0.2) is 26.5 Å². The Hall–Kier alpha value is -2.58. The van der Waals surface area contributed by atoms with E-state index in [2.05, 4.69) is 15.6 Å². The summed E-state index contributed by atoms with van der Waals surface area (Å²) in [6.07, 6.45) is 3.08. The minimum atomic E-state index is -1.21. The number of hydrogen-bond donors (Lipinski definition) is 1. The van der Waals surface area contributed by atoms with Gasteiger partial charge in [0.05, 0.1) is 17.7 Å². The Balaban J connectivity index is 2.12. The molecule has 0 spiro atoms. The highest BCUT2D eigenvalue weighted by molar-refractivity contribution is 5.62. The quantitative estimate of drug-likeness (QED) is 0.657. The van der Waals surface area contributed by atoms with Crippen LogP contribution < -0.4 is 5.32 Å². The minimum Gasteiger partial charge on any atom is -0.377 e. The second kappa shape index (κ2) is 5.38. The Morgan fingerprint density at radius 3 is 2.84 bits per heavy atom. The number of nitro benzene ring substituents is 1. The van der Waals surface area contributed by atoms with Crippen molar-refractivity contribution >= 4 is 11.4 Å². The Kier molecular flexibility index (Phi) is 3.64. The zero-order valence-electron chi connectivity index (χ0n) is 9.58. The number of nitrogens with one attached hydrogen (secondary N) is 1. The maximum atomic E-state index is 13.3. The van der Waals surface area contributed by atoms with Crippen LogP contribution >= 0.6 is 0 Å². The van der Waals surface area contributed by atoms with E-state index in [4.69, 9.17) is 0 Å². The van der Waals surface area contributed by atoms with Gasteiger partial charge in [0.15, 0.2) is 0 Å². The summed E-state index contributed by atoms with van der Waals surface area (Å²) in [5.74, 6) is -2.10. The first kappa shape index (κ1) is 12.9. The van der Waals surface area contributed by atoms with Crippen LogP contribution in [0.3, 0.4) is 0 Å². The summed E-state index contributed by atoms with van der Waals surface area (Å²) in [6.45, 7) is 0.572. The average molecular weight is 269 g/mol. The van der Waals surface area contributed by atoms with E-state index in [1.807, 2.05) is 0 Å². The third-order valence-corrected chi connectivity index (χ3v) is 2.34. The summed E-state index contributed by atoms with van der Waals surface area (Å²) >= 11 is 0. The van der Waals surface area contributed by atoms with Gasteiger partial charge in [-0.05, 0) is 0 Å². The van der Waals surface area contributed by atoms with Gasteiger partial charge in [-0.2, -0.15) is 4.39 Å². The Morgan fingerprint density at radius 1 is 1.42 bits per heavy atom. The van der Waals surface area contributed by atoms with Crippen molar-refractivity contribution in [2.75, 3.05) is 11.9 Å². The summed E-state index contributed by atoms with van der Waals surface area (Å²) in [5.41, 5.74) is -0.984. The molecule has 0 bridgehead atoms. The summed E-state index contributed by atoms with van der Waals surface area (Å²) in [4.78, 5) is 9.83. The summed E-state index contributed by atoms with van der Waals surface area (Å²) in [5, 5.41) is 20.6. The maximum Gasteiger partial charge on any atom is 0.327 e. The lowest BCUT2D eigenvalue weighted by Gasteiger charge is -2.07. The van der Waals surface area contributed by atoms with Crippen molar-refractivity contribution in [3.63, 3.8) is 0 Å². The highest BCUT2D eigenvalue weighted by atomic mass is 19.1. The molecule has 1 aromatic heterocycles. The average Bonchev–Trinajstić information content (AvgIpc) is 2.80. The first-order valence-corrected chi connectivity index (χ1v) is 5.29. The van der Waals surface area contributed by atoms with Crippen LogP contribution in [0.25, 0.3) is 0 Å². The van der Waals surface area contributed by atoms with Gasteiger partial charge < -0.3 is 5.32 Å². The van der Waals surface area contributed by atoms with Gasteiger partial charge in [-0.15, -0.1) is 5.10 Å². The van der Waals surface area contributed by atoms with Crippen molar-refractivity contribution in [3.8, 4) is 0 Å². The van der Waals surface area contributed by atoms with Crippen LogP contribution in [0.5, 0.6) is 0 Å². The van der Waals surface area contributed by atoms with Crippen LogP contribution in [-0.2, 0) is 6.54 Å². The fourth-order valence-electron chi connectivity index (χ4n) is 1.54. The van der Waals surface area contributed by atoms with Crippen LogP contribution in [0.2, 0.25) is 0 Å². The molecule has 2 aromatic rings. The second-order valence-electron chi connectivity index (χ2n) is 3.63. The molecular formula is C10H9F2N5O2. The van der Waals surface area contributed by atoms with Gasteiger partial charge in [-0.25, -0.2) is 4.39 Å². The normalized spacial score (nSPS) is 10.4. The van der Waals surface area contributed by atoms with E-state index in [0.717, 1.165) is 6.07 Å². The SMILES string of the molecule is O=[N+]([O-])c1c(F)cc(F)cc1NCCn1ccnn1. The fourth-order valence-corrected chi connectivity index (χ4v) is 1.54. The van der Waals surface area contributed by atoms with E-state index in [1.54, 1.807) is 6.20 Å². The lowest BCUT2D eigenvalue weighted by molar-refractivity contribution is -0.386. The topological polar surface area (TPSA) is 85.9 Å². The molecule has 0 aliphatic carbocycles. The number of benzene rings is 1. The third kappa shape index (κ3) is 3.00. The minimum absolute atomic E-state index is 0.206. The smallest absolute Gasteiger partial charge is 0.327 e. The summed E-state index contributed by atoms with van der Waals surface area (Å²) in [7, 11) is 0. The number of nitrogens with zero attached hydrogens (tertiary/aromatic N) is 4. The van der Waals surface area contributed by atoms with E-state index in [0.29, 0.717) is 12.6 Å². The summed E-state index contributed by atoms with van der Waals surface area (Å²) < 4.78 is 27.8. The van der Waals surface area contributed by atoms with E-state index in [9.17, 15) is 18.9 Å². The van der Waals surface area contributed by atoms with Crippen LogP contribution in [0.15, 0.2) is 24.5 Å². The monoisotopic (exact) mass is 269 g/mol. The summed E-state index contributed by atoms with van der Waals surface area (Å²) in [6, 6.07) is 1.35. The van der Waals surface area contributed by atoms with Crippen molar-refractivity contribution in [1.82, 2.24) is 15.0 Å². The Bertz CT molecular complexity index is 588. The van der Waals surface area contributed by atoms with Gasteiger partial charge in [-0.1, -0.05) is 5.21 Å². The van der Waals surface area contributed by atoms with E-state index < -0.39 is 22.2 Å². The molecule has 100 valence electrons. The van der Waals surface area contributed by atoms with Crippen molar-refractivity contribution in [2.24, 2.45) is 0 Å². The molecule has 0 unspecified atom stereocenters. The number of rotatable bonds is 5. The molecule has 1 heterocycles. The molecule has 0 fully saturated rings. The van der Waals surface area contributed by atoms with Gasteiger partial charge in [0.1, 0.15) is 11.5 Å². The van der Waals surface area contributed by atoms with E-state index in [1.165, 1.54) is 10.9 Å². The van der Waals surface area contributed by atoms with Gasteiger partial charge in [-0.3, -0.25) is 14.8 Å². The lowest BCUT2D eigenvalue weighted by atomic mass is 10.2. The van der Waals surface area contributed by atoms with Crippen molar-refractivity contribution in [2.45, 2.75) is 6.54 Å². The van der Waals surface area contributed by atoms with Crippen LogP contribution in [0, 0.1) is 21.7 Å². The highest BCUT2D eigenvalue weighted by Crippen LogP contribution is 2.28. The van der Waals surface area contributed by atoms with Crippen LogP contribution in [0.4, 0.5) is 20.2 Å². The second-order valence-corrected chi connectivity index (χ2v) is 3.63. The predicted octanol–water partition coefficient (Wildman–Crippen LogP) is 1.58. The fraction of sp³-hybridized carbons (Fsp3) is 0.200. The highest BCUT2D eigenvalue weighted by Gasteiger charge is 2.21. The molecule has 19 heavy (non-hydrogen) atoms. The number of hydrogen-bond acceptors (Lipinski definition) is 5. The molecule has 7 nitrogen and oxygen atoms in total. The molecule has 0 aliphatic rings. The zero-order chi connectivity index (χ0) is 13.8. The first-order chi connectivity index (χ1) is 9.08. The van der Waals surface area contributed by atoms with Crippen LogP contribution in [0.1, 0.15) is 0 Å². The third-order valence-electron chi connectivity index (χ3n) is 2.34. The number of aromatic nitrogens is 3. The van der Waals surface area contributed by atoms with Gasteiger partial charge in [0.2, 0.25) is 5.82 Å². The molecule has 1 N–H and O–H groups in total. The molecule has 9 heteroatoms. The lowest BCUT2D eigenvalue weighted by Crippen LogP contribution is -2.12. The molecule has 0 saturated carbocycles. The number of anilines is 1. The van der Waals surface area contributed by atoms with Crippen molar-refractivity contribution in [1.29, 1.82) is 0 Å². The molecule has 0 atom stereocenters. The first-order valence-electron chi connectivity index (χ1n) is 5.29. The maximum absolute atomic E-state index is 13.3. The standard InChI is InChI=1S/C10H9F2N5O2/c11-7-5-8(12)10(17(18)19)9(6-7)13-1-3-16-4-2-14-15-16/h2,4-6,13H,1,3H2. The molecule has 0 amide bonds. The molecule has 0 aliphatic heterocycles. The van der Waals surface area contributed by atoms with Gasteiger partial charge >= 0.3 is 5.69 Å². The largest absolute Gasteiger partial charge is 0.377 e. The number of halogens is 2. The zero-order valence-corrected chi connectivity index (χ0v) is 9.58. The Labute approximate surface area is 106 Å². The van der Waals surface area contributed by atoms with E-state index >= 15 is 0 Å². The number of nitro groups is 1. The predicted molar refractivity (Wildman–Crippen MR) is 61.5 cm³/mol. The van der Waals surface area contributed by atoms with Gasteiger partial charge in [0, 0.05) is 24.9 Å². The van der Waals surface area contributed by atoms with E-state index in [-0.39, 0.29) is 12.2 Å². The molecule has 1 aromatic carbocycles. The molecular weight excluding hydrogens is 260 g/mol. The van der Waals surface area contributed by atoms with Gasteiger partial charge in [0.25, 0.3) is 0 Å². The van der Waals surface area contributed by atoms with Crippen molar-refractivity contribution < 1.29 is 13.7 Å². The molecule has 0 radical (unpaired) electrons. The Morgan fingerprint density at radius 2 is 2.21 bits per heavy atom. The van der Waals surface area contributed by atoms with Crippen molar-refractivity contribution in [3.05, 3.63) is 46.3 Å². The molecule has 0 saturated heterocycles.